The van der Waals surface area contributed by atoms with Gasteiger partial charge in [-0.05, 0) is 24.8 Å². The molecule has 2 fully saturated rings. The van der Waals surface area contributed by atoms with Crippen LogP contribution in [0.1, 0.15) is 44.3 Å². The number of piperidine rings is 1. The Hall–Kier alpha value is -2.37. The van der Waals surface area contributed by atoms with Gasteiger partial charge in [0.2, 0.25) is 0 Å². The minimum absolute atomic E-state index is 0.102. The maximum absolute atomic E-state index is 12.7. The summed E-state index contributed by atoms with van der Waals surface area (Å²) in [5.41, 5.74) is 0.906. The quantitative estimate of drug-likeness (QED) is 0.858. The molecule has 0 aromatic heterocycles. The molecule has 0 radical (unpaired) electrons. The summed E-state index contributed by atoms with van der Waals surface area (Å²) in [6, 6.07) is 8.64. The maximum atomic E-state index is 12.7. The first-order chi connectivity index (χ1) is 11.5. The smallest absolute Gasteiger partial charge is 0.410 e. The van der Waals surface area contributed by atoms with Crippen molar-refractivity contribution in [2.45, 2.75) is 50.8 Å². The molecule has 1 amide bonds. The van der Waals surface area contributed by atoms with Gasteiger partial charge in [0, 0.05) is 12.5 Å². The van der Waals surface area contributed by atoms with Crippen molar-refractivity contribution in [3.63, 3.8) is 0 Å². The van der Waals surface area contributed by atoms with E-state index in [1.54, 1.807) is 0 Å². The maximum Gasteiger partial charge on any atom is 0.410 e. The van der Waals surface area contributed by atoms with Crippen molar-refractivity contribution in [1.82, 2.24) is 4.90 Å². The summed E-state index contributed by atoms with van der Waals surface area (Å²) in [6.45, 7) is 1.93. The average Bonchev–Trinajstić information content (AvgIpc) is 2.88. The molecule has 1 aromatic rings. The first kappa shape index (κ1) is 16.5. The fourth-order valence-corrected chi connectivity index (χ4v) is 3.84. The van der Waals surface area contributed by atoms with Crippen LogP contribution in [0.2, 0.25) is 0 Å². The van der Waals surface area contributed by atoms with Crippen LogP contribution in [-0.4, -0.2) is 39.9 Å². The first-order valence-corrected chi connectivity index (χ1v) is 8.32. The summed E-state index contributed by atoms with van der Waals surface area (Å²) in [4.78, 5) is 37.6. The first-order valence-electron chi connectivity index (χ1n) is 8.32. The summed E-state index contributed by atoms with van der Waals surface area (Å²) in [7, 11) is 0. The molecule has 24 heavy (non-hydrogen) atoms. The monoisotopic (exact) mass is 331 g/mol. The van der Waals surface area contributed by atoms with Gasteiger partial charge in [-0.2, -0.15) is 0 Å². The molecule has 2 saturated heterocycles. The molecule has 4 atom stereocenters. The van der Waals surface area contributed by atoms with Crippen LogP contribution in [0, 0.1) is 5.92 Å². The number of aliphatic carboxylic acids is 1. The molecule has 1 N–H and O–H groups in total. The Morgan fingerprint density at radius 1 is 1.29 bits per heavy atom. The molecule has 0 saturated carbocycles. The van der Waals surface area contributed by atoms with E-state index >= 15 is 0 Å². The summed E-state index contributed by atoms with van der Waals surface area (Å²) in [5, 5.41) is 9.33. The van der Waals surface area contributed by atoms with Crippen LogP contribution in [0.25, 0.3) is 0 Å². The predicted octanol–water partition coefficient (Wildman–Crippen LogP) is 2.78. The van der Waals surface area contributed by atoms with Crippen LogP contribution < -0.4 is 0 Å². The van der Waals surface area contributed by atoms with E-state index < -0.39 is 24.0 Å². The number of Topliss-reactive ketones (excluding diaryl/α,β-unsaturated/α-hetero) is 1. The SMILES string of the molecule is CCC(OC(=O)N1[C@H]2CC[C@@H]1C(C(=O)O)C(=O)C2)c1ccccc1. The highest BCUT2D eigenvalue weighted by atomic mass is 16.6. The van der Waals surface area contributed by atoms with Crippen molar-refractivity contribution < 1.29 is 24.2 Å². The highest BCUT2D eigenvalue weighted by Gasteiger charge is 2.52. The fraction of sp³-hybridized carbons (Fsp3) is 0.500. The Bertz CT molecular complexity index is 644. The molecule has 0 aliphatic carbocycles. The number of amides is 1. The zero-order valence-corrected chi connectivity index (χ0v) is 13.6. The summed E-state index contributed by atoms with van der Waals surface area (Å²) >= 11 is 0. The average molecular weight is 331 g/mol. The van der Waals surface area contributed by atoms with Crippen molar-refractivity contribution in [3.8, 4) is 0 Å². The van der Waals surface area contributed by atoms with E-state index in [9.17, 15) is 19.5 Å². The van der Waals surface area contributed by atoms with E-state index in [1.807, 2.05) is 37.3 Å². The molecule has 3 rings (SSSR count). The van der Waals surface area contributed by atoms with Crippen molar-refractivity contribution in [1.29, 1.82) is 0 Å². The van der Waals surface area contributed by atoms with Crippen molar-refractivity contribution in [3.05, 3.63) is 35.9 Å². The third-order valence-electron chi connectivity index (χ3n) is 4.98. The number of carbonyl (C=O) groups excluding carboxylic acids is 2. The van der Waals surface area contributed by atoms with E-state index in [0.29, 0.717) is 19.3 Å². The molecular formula is C18H21NO5. The largest absolute Gasteiger partial charge is 0.481 e. The number of rotatable bonds is 4. The zero-order valence-electron chi connectivity index (χ0n) is 13.6. The molecule has 2 unspecified atom stereocenters. The van der Waals surface area contributed by atoms with Gasteiger partial charge in [-0.1, -0.05) is 37.3 Å². The minimum Gasteiger partial charge on any atom is -0.481 e. The highest BCUT2D eigenvalue weighted by Crippen LogP contribution is 2.38. The van der Waals surface area contributed by atoms with Crippen LogP contribution >= 0.6 is 0 Å². The third kappa shape index (κ3) is 2.88. The van der Waals surface area contributed by atoms with Crippen LogP contribution in [0.15, 0.2) is 30.3 Å². The lowest BCUT2D eigenvalue weighted by Gasteiger charge is -2.37. The molecule has 128 valence electrons. The molecule has 2 heterocycles. The van der Waals surface area contributed by atoms with Gasteiger partial charge in [-0.25, -0.2) is 4.79 Å². The number of carbonyl (C=O) groups is 3. The van der Waals surface area contributed by atoms with Crippen LogP contribution in [0.5, 0.6) is 0 Å². The van der Waals surface area contributed by atoms with E-state index in [0.717, 1.165) is 5.56 Å². The molecule has 2 bridgehead atoms. The van der Waals surface area contributed by atoms with Crippen LogP contribution in [0.4, 0.5) is 4.79 Å². The molecule has 0 spiro atoms. The Balaban J connectivity index is 1.77. The number of hydrogen-bond donors (Lipinski definition) is 1. The molecule has 1 aromatic carbocycles. The third-order valence-corrected chi connectivity index (χ3v) is 4.98. The molecular weight excluding hydrogens is 310 g/mol. The van der Waals surface area contributed by atoms with Crippen LogP contribution in [-0.2, 0) is 14.3 Å². The molecule has 2 aliphatic rings. The number of nitrogens with zero attached hydrogens (tertiary/aromatic N) is 1. The summed E-state index contributed by atoms with van der Waals surface area (Å²) in [6.07, 6.45) is 1.02. The number of fused-ring (bicyclic) bond motifs is 2. The minimum atomic E-state index is -1.15. The van der Waals surface area contributed by atoms with Gasteiger partial charge in [0.1, 0.15) is 12.0 Å². The van der Waals surface area contributed by atoms with Gasteiger partial charge < -0.3 is 14.7 Å². The number of ketones is 1. The fourth-order valence-electron chi connectivity index (χ4n) is 3.84. The topological polar surface area (TPSA) is 83.9 Å². The normalized spacial score (nSPS) is 27.0. The number of carboxylic acid groups (broad SMARTS) is 1. The Morgan fingerprint density at radius 2 is 2.00 bits per heavy atom. The van der Waals surface area contributed by atoms with E-state index in [4.69, 9.17) is 4.74 Å². The predicted molar refractivity (Wildman–Crippen MR) is 85.4 cm³/mol. The second-order valence-electron chi connectivity index (χ2n) is 6.38. The van der Waals surface area contributed by atoms with E-state index in [-0.39, 0.29) is 24.3 Å². The van der Waals surface area contributed by atoms with Gasteiger partial charge in [-0.3, -0.25) is 9.59 Å². The second-order valence-corrected chi connectivity index (χ2v) is 6.38. The zero-order chi connectivity index (χ0) is 17.3. The van der Waals surface area contributed by atoms with Gasteiger partial charge in [0.25, 0.3) is 0 Å². The standard InChI is InChI=1S/C18H21NO5/c1-2-15(11-6-4-3-5-7-11)24-18(23)19-12-8-9-13(19)16(17(21)22)14(20)10-12/h3-7,12-13,15-16H,2,8-10H2,1H3,(H,21,22)/t12-,13+,15?,16?/m0/s1. The van der Waals surface area contributed by atoms with Gasteiger partial charge >= 0.3 is 12.1 Å². The Kier molecular flexibility index (Phi) is 4.55. The molecule has 2 aliphatic heterocycles. The van der Waals surface area contributed by atoms with Gasteiger partial charge in [0.15, 0.2) is 5.78 Å². The van der Waals surface area contributed by atoms with Gasteiger partial charge in [0.05, 0.1) is 6.04 Å². The summed E-state index contributed by atoms with van der Waals surface area (Å²) < 4.78 is 5.65. The molecule has 6 heteroatoms. The highest BCUT2D eigenvalue weighted by molar-refractivity contribution is 6.01. The second kappa shape index (κ2) is 6.63. The number of hydrogen-bond acceptors (Lipinski definition) is 4. The van der Waals surface area contributed by atoms with Crippen molar-refractivity contribution in [2.24, 2.45) is 5.92 Å². The Labute approximate surface area is 140 Å². The molecule has 6 nitrogen and oxygen atoms in total. The summed E-state index contributed by atoms with van der Waals surface area (Å²) in [5.74, 6) is -2.57. The Morgan fingerprint density at radius 3 is 2.62 bits per heavy atom. The van der Waals surface area contributed by atoms with E-state index in [1.165, 1.54) is 4.90 Å². The van der Waals surface area contributed by atoms with E-state index in [2.05, 4.69) is 0 Å². The number of benzene rings is 1. The van der Waals surface area contributed by atoms with Gasteiger partial charge in [-0.15, -0.1) is 0 Å². The lowest BCUT2D eigenvalue weighted by Crippen LogP contribution is -2.54. The van der Waals surface area contributed by atoms with Crippen molar-refractivity contribution >= 4 is 17.8 Å². The number of carboxylic acids is 1. The lowest BCUT2D eigenvalue weighted by molar-refractivity contribution is -0.151. The number of ether oxygens (including phenoxy) is 1. The van der Waals surface area contributed by atoms with Crippen molar-refractivity contribution in [2.75, 3.05) is 0 Å². The lowest BCUT2D eigenvalue weighted by atomic mass is 9.89. The van der Waals surface area contributed by atoms with Crippen LogP contribution in [0.3, 0.4) is 0 Å².